The first-order valence-corrected chi connectivity index (χ1v) is 8.79. The number of benzene rings is 1. The number of halogens is 2. The lowest BCUT2D eigenvalue weighted by atomic mass is 9.96. The van der Waals surface area contributed by atoms with Crippen LogP contribution in [0.5, 0.6) is 0 Å². The summed E-state index contributed by atoms with van der Waals surface area (Å²) in [5.41, 5.74) is 7.73. The van der Waals surface area contributed by atoms with E-state index in [-0.39, 0.29) is 18.3 Å². The Morgan fingerprint density at radius 3 is 2.88 bits per heavy atom. The SMILES string of the molecule is CCCC(C)(N)C(=O)NCC1CCN(c2cc(Cl)ccc2C)C1.Cl. The maximum absolute atomic E-state index is 12.2. The largest absolute Gasteiger partial charge is 0.371 e. The maximum atomic E-state index is 12.2. The number of hydrogen-bond donors (Lipinski definition) is 2. The second-order valence-electron chi connectivity index (χ2n) is 6.91. The predicted octanol–water partition coefficient (Wildman–Crippen LogP) is 3.53. The average Bonchev–Trinajstić information content (AvgIpc) is 2.96. The van der Waals surface area contributed by atoms with E-state index < -0.39 is 5.54 Å². The summed E-state index contributed by atoms with van der Waals surface area (Å²) in [5, 5.41) is 3.80. The smallest absolute Gasteiger partial charge is 0.239 e. The minimum atomic E-state index is -0.767. The van der Waals surface area contributed by atoms with Crippen LogP contribution in [-0.4, -0.2) is 31.1 Å². The first kappa shape index (κ1) is 21.1. The predicted molar refractivity (Wildman–Crippen MR) is 104 cm³/mol. The third kappa shape index (κ3) is 5.27. The molecule has 0 saturated carbocycles. The number of nitrogens with two attached hydrogens (primary N) is 1. The van der Waals surface area contributed by atoms with Crippen LogP contribution in [0.15, 0.2) is 18.2 Å². The van der Waals surface area contributed by atoms with Crippen molar-refractivity contribution in [1.29, 1.82) is 0 Å². The van der Waals surface area contributed by atoms with E-state index in [2.05, 4.69) is 23.2 Å². The van der Waals surface area contributed by atoms with Crippen molar-refractivity contribution < 1.29 is 4.79 Å². The molecule has 4 nitrogen and oxygen atoms in total. The average molecular weight is 374 g/mol. The van der Waals surface area contributed by atoms with Crippen LogP contribution in [0.3, 0.4) is 0 Å². The molecular formula is C18H29Cl2N3O. The molecule has 1 fully saturated rings. The van der Waals surface area contributed by atoms with E-state index in [9.17, 15) is 4.79 Å². The number of nitrogens with one attached hydrogen (secondary N) is 1. The van der Waals surface area contributed by atoms with E-state index in [1.807, 2.05) is 26.0 Å². The molecule has 136 valence electrons. The van der Waals surface area contributed by atoms with E-state index in [0.29, 0.717) is 18.9 Å². The Morgan fingerprint density at radius 2 is 2.21 bits per heavy atom. The normalized spacial score (nSPS) is 19.5. The molecule has 24 heavy (non-hydrogen) atoms. The highest BCUT2D eigenvalue weighted by Crippen LogP contribution is 2.29. The Balaban J connectivity index is 0.00000288. The monoisotopic (exact) mass is 373 g/mol. The van der Waals surface area contributed by atoms with E-state index in [0.717, 1.165) is 31.0 Å². The van der Waals surface area contributed by atoms with Gasteiger partial charge < -0.3 is 16.0 Å². The number of nitrogens with zero attached hydrogens (tertiary/aromatic N) is 1. The van der Waals surface area contributed by atoms with Crippen LogP contribution in [0.4, 0.5) is 5.69 Å². The summed E-state index contributed by atoms with van der Waals surface area (Å²) >= 11 is 6.12. The van der Waals surface area contributed by atoms with E-state index in [1.165, 1.54) is 11.3 Å². The van der Waals surface area contributed by atoms with Gasteiger partial charge in [0, 0.05) is 30.3 Å². The molecule has 1 amide bonds. The fourth-order valence-electron chi connectivity index (χ4n) is 3.21. The zero-order valence-electron chi connectivity index (χ0n) is 14.8. The first-order valence-electron chi connectivity index (χ1n) is 8.41. The molecule has 0 aliphatic carbocycles. The minimum absolute atomic E-state index is 0. The van der Waals surface area contributed by atoms with Crippen LogP contribution < -0.4 is 16.0 Å². The third-order valence-electron chi connectivity index (χ3n) is 4.64. The summed E-state index contributed by atoms with van der Waals surface area (Å²) in [6, 6.07) is 6.00. The second-order valence-corrected chi connectivity index (χ2v) is 7.35. The highest BCUT2D eigenvalue weighted by Gasteiger charge is 2.29. The van der Waals surface area contributed by atoms with Gasteiger partial charge in [0.2, 0.25) is 5.91 Å². The highest BCUT2D eigenvalue weighted by atomic mass is 35.5. The zero-order valence-corrected chi connectivity index (χ0v) is 16.3. The molecule has 0 aromatic heterocycles. The van der Waals surface area contributed by atoms with Crippen molar-refractivity contribution in [2.75, 3.05) is 24.5 Å². The van der Waals surface area contributed by atoms with Gasteiger partial charge in [0.25, 0.3) is 0 Å². The Morgan fingerprint density at radius 1 is 1.50 bits per heavy atom. The molecule has 2 unspecified atom stereocenters. The number of amides is 1. The third-order valence-corrected chi connectivity index (χ3v) is 4.87. The zero-order chi connectivity index (χ0) is 17.0. The van der Waals surface area contributed by atoms with Crippen molar-refractivity contribution in [3.05, 3.63) is 28.8 Å². The molecule has 0 bridgehead atoms. The van der Waals surface area contributed by atoms with Gasteiger partial charge in [0.15, 0.2) is 0 Å². The maximum Gasteiger partial charge on any atom is 0.239 e. The number of rotatable bonds is 6. The minimum Gasteiger partial charge on any atom is -0.371 e. The Kier molecular flexibility index (Phi) is 7.84. The molecule has 0 spiro atoms. The van der Waals surface area contributed by atoms with E-state index in [1.54, 1.807) is 0 Å². The van der Waals surface area contributed by atoms with Crippen LogP contribution in [0, 0.1) is 12.8 Å². The number of carbonyl (C=O) groups is 1. The molecule has 1 heterocycles. The van der Waals surface area contributed by atoms with Gasteiger partial charge in [-0.2, -0.15) is 0 Å². The molecule has 2 rings (SSSR count). The van der Waals surface area contributed by atoms with Crippen LogP contribution >= 0.6 is 24.0 Å². The Hall–Kier alpha value is -0.970. The fourth-order valence-corrected chi connectivity index (χ4v) is 3.38. The molecule has 6 heteroatoms. The Labute approximate surface area is 156 Å². The molecular weight excluding hydrogens is 345 g/mol. The topological polar surface area (TPSA) is 58.4 Å². The molecule has 1 saturated heterocycles. The van der Waals surface area contributed by atoms with Crippen molar-refractivity contribution in [1.82, 2.24) is 5.32 Å². The summed E-state index contributed by atoms with van der Waals surface area (Å²) in [6.45, 7) is 8.58. The van der Waals surface area contributed by atoms with Crippen LogP contribution in [-0.2, 0) is 4.79 Å². The lowest BCUT2D eigenvalue weighted by Gasteiger charge is -2.24. The van der Waals surface area contributed by atoms with Crippen LogP contribution in [0.1, 0.15) is 38.7 Å². The fraction of sp³-hybridized carbons (Fsp3) is 0.611. The number of aryl methyl sites for hydroxylation is 1. The molecule has 1 aliphatic heterocycles. The molecule has 3 N–H and O–H groups in total. The summed E-state index contributed by atoms with van der Waals surface area (Å²) in [5.74, 6) is 0.409. The second kappa shape index (κ2) is 8.93. The lowest BCUT2D eigenvalue weighted by molar-refractivity contribution is -0.126. The van der Waals surface area contributed by atoms with Crippen molar-refractivity contribution in [3.8, 4) is 0 Å². The molecule has 1 aliphatic rings. The quantitative estimate of drug-likeness (QED) is 0.801. The van der Waals surface area contributed by atoms with Crippen LogP contribution in [0.2, 0.25) is 5.02 Å². The lowest BCUT2D eigenvalue weighted by Crippen LogP contribution is -2.52. The van der Waals surface area contributed by atoms with E-state index in [4.69, 9.17) is 17.3 Å². The van der Waals surface area contributed by atoms with Gasteiger partial charge >= 0.3 is 0 Å². The van der Waals surface area contributed by atoms with Gasteiger partial charge in [-0.15, -0.1) is 12.4 Å². The highest BCUT2D eigenvalue weighted by molar-refractivity contribution is 6.30. The van der Waals surface area contributed by atoms with Crippen molar-refractivity contribution in [2.24, 2.45) is 11.7 Å². The first-order chi connectivity index (χ1) is 10.8. The van der Waals surface area contributed by atoms with Crippen molar-refractivity contribution in [2.45, 2.75) is 45.6 Å². The summed E-state index contributed by atoms with van der Waals surface area (Å²) < 4.78 is 0. The summed E-state index contributed by atoms with van der Waals surface area (Å²) in [6.07, 6.45) is 2.68. The molecule has 1 aromatic rings. The van der Waals surface area contributed by atoms with E-state index >= 15 is 0 Å². The van der Waals surface area contributed by atoms with Gasteiger partial charge in [-0.1, -0.05) is 31.0 Å². The van der Waals surface area contributed by atoms with Crippen molar-refractivity contribution >= 4 is 35.6 Å². The number of hydrogen-bond acceptors (Lipinski definition) is 3. The van der Waals surface area contributed by atoms with Gasteiger partial charge in [-0.05, 0) is 50.3 Å². The van der Waals surface area contributed by atoms with Gasteiger partial charge in [-0.3, -0.25) is 4.79 Å². The number of carbonyl (C=O) groups excluding carboxylic acids is 1. The molecule has 1 aromatic carbocycles. The van der Waals surface area contributed by atoms with Gasteiger partial charge in [0.05, 0.1) is 5.54 Å². The summed E-state index contributed by atoms with van der Waals surface area (Å²) in [7, 11) is 0. The van der Waals surface area contributed by atoms with Crippen LogP contribution in [0.25, 0.3) is 0 Å². The van der Waals surface area contributed by atoms with Gasteiger partial charge in [-0.25, -0.2) is 0 Å². The van der Waals surface area contributed by atoms with Crippen molar-refractivity contribution in [3.63, 3.8) is 0 Å². The Bertz CT molecular complexity index is 563. The molecule has 0 radical (unpaired) electrons. The molecule has 2 atom stereocenters. The summed E-state index contributed by atoms with van der Waals surface area (Å²) in [4.78, 5) is 14.5. The number of anilines is 1. The van der Waals surface area contributed by atoms with Gasteiger partial charge in [0.1, 0.15) is 0 Å². The standard InChI is InChI=1S/C18H28ClN3O.ClH/c1-4-8-18(3,20)17(23)21-11-14-7-9-22(12-14)16-10-15(19)6-5-13(16)2;/h5-6,10,14H,4,7-9,11-12,20H2,1-3H3,(H,21,23);1H.